The quantitative estimate of drug-likeness (QED) is 0.627. The average molecular weight is 326 g/mol. The number of rotatable bonds is 6. The molecule has 126 valence electrons. The maximum atomic E-state index is 11.8. The molecular formula is C18H22N4O2. The molecule has 0 saturated carbocycles. The zero-order valence-electron chi connectivity index (χ0n) is 14.2. The zero-order chi connectivity index (χ0) is 17.5. The van der Waals surface area contributed by atoms with Crippen LogP contribution in [0.25, 0.3) is 11.8 Å². The lowest BCUT2D eigenvalue weighted by atomic mass is 10.2. The number of carbonyl (C=O) groups is 2. The third-order valence-corrected chi connectivity index (χ3v) is 3.55. The normalized spacial score (nSPS) is 10.8. The number of aromatic nitrogens is 2. The van der Waals surface area contributed by atoms with Gasteiger partial charge in [-0.15, -0.1) is 0 Å². The van der Waals surface area contributed by atoms with Crippen LogP contribution in [0, 0.1) is 13.8 Å². The van der Waals surface area contributed by atoms with Crippen molar-refractivity contribution < 1.29 is 9.59 Å². The molecule has 6 heteroatoms. The van der Waals surface area contributed by atoms with E-state index in [2.05, 4.69) is 15.7 Å². The van der Waals surface area contributed by atoms with Crippen LogP contribution in [-0.4, -0.2) is 34.7 Å². The first-order valence-electron chi connectivity index (χ1n) is 7.81. The molecule has 2 N–H and O–H groups in total. The van der Waals surface area contributed by atoms with Gasteiger partial charge in [0, 0.05) is 37.3 Å². The monoisotopic (exact) mass is 326 g/mol. The van der Waals surface area contributed by atoms with Crippen molar-refractivity contribution in [3.05, 3.63) is 53.4 Å². The molecule has 0 aliphatic rings. The van der Waals surface area contributed by atoms with E-state index in [-0.39, 0.29) is 11.8 Å². The molecule has 0 saturated heterocycles. The average Bonchev–Trinajstić information content (AvgIpc) is 2.85. The minimum atomic E-state index is -0.202. The second-order valence-corrected chi connectivity index (χ2v) is 5.44. The van der Waals surface area contributed by atoms with Crippen LogP contribution >= 0.6 is 0 Å². The summed E-state index contributed by atoms with van der Waals surface area (Å²) in [6.45, 7) is 6.14. The van der Waals surface area contributed by atoms with Gasteiger partial charge in [0.1, 0.15) is 0 Å². The van der Waals surface area contributed by atoms with E-state index >= 15 is 0 Å². The second-order valence-electron chi connectivity index (χ2n) is 5.44. The molecule has 0 radical (unpaired) electrons. The van der Waals surface area contributed by atoms with Crippen molar-refractivity contribution >= 4 is 17.9 Å². The molecule has 0 atom stereocenters. The highest BCUT2D eigenvalue weighted by atomic mass is 16.2. The Kier molecular flexibility index (Phi) is 5.89. The number of benzene rings is 1. The molecule has 0 aliphatic heterocycles. The predicted molar refractivity (Wildman–Crippen MR) is 93.8 cm³/mol. The number of amides is 2. The first-order chi connectivity index (χ1) is 11.5. The van der Waals surface area contributed by atoms with Crippen molar-refractivity contribution in [2.75, 3.05) is 13.1 Å². The van der Waals surface area contributed by atoms with Crippen LogP contribution in [0.5, 0.6) is 0 Å². The largest absolute Gasteiger partial charge is 0.355 e. The van der Waals surface area contributed by atoms with Gasteiger partial charge in [0.2, 0.25) is 11.8 Å². The third-order valence-electron chi connectivity index (χ3n) is 3.55. The highest BCUT2D eigenvalue weighted by molar-refractivity contribution is 5.92. The molecule has 0 spiro atoms. The van der Waals surface area contributed by atoms with Crippen molar-refractivity contribution in [2.45, 2.75) is 20.8 Å². The van der Waals surface area contributed by atoms with Gasteiger partial charge in [-0.3, -0.25) is 9.59 Å². The van der Waals surface area contributed by atoms with Gasteiger partial charge in [-0.1, -0.05) is 18.2 Å². The second kappa shape index (κ2) is 8.10. The summed E-state index contributed by atoms with van der Waals surface area (Å²) in [5.41, 5.74) is 3.74. The lowest BCUT2D eigenvalue weighted by Crippen LogP contribution is -2.32. The Labute approximate surface area is 141 Å². The van der Waals surface area contributed by atoms with E-state index in [0.29, 0.717) is 13.1 Å². The van der Waals surface area contributed by atoms with Gasteiger partial charge in [-0.25, -0.2) is 4.68 Å². The van der Waals surface area contributed by atoms with Crippen LogP contribution in [0.2, 0.25) is 0 Å². The van der Waals surface area contributed by atoms with Gasteiger partial charge < -0.3 is 10.6 Å². The number of para-hydroxylation sites is 1. The molecular weight excluding hydrogens is 304 g/mol. The summed E-state index contributed by atoms with van der Waals surface area (Å²) < 4.78 is 1.86. The summed E-state index contributed by atoms with van der Waals surface area (Å²) in [5.74, 6) is -0.314. The molecule has 0 unspecified atom stereocenters. The Balaban J connectivity index is 2.03. The highest BCUT2D eigenvalue weighted by Gasteiger charge is 2.10. The van der Waals surface area contributed by atoms with Gasteiger partial charge in [0.25, 0.3) is 0 Å². The van der Waals surface area contributed by atoms with E-state index in [4.69, 9.17) is 0 Å². The summed E-state index contributed by atoms with van der Waals surface area (Å²) in [6, 6.07) is 9.86. The number of aryl methyl sites for hydroxylation is 1. The summed E-state index contributed by atoms with van der Waals surface area (Å²) in [5, 5.41) is 9.88. The van der Waals surface area contributed by atoms with E-state index in [1.165, 1.54) is 13.0 Å². The van der Waals surface area contributed by atoms with Crippen LogP contribution in [0.1, 0.15) is 23.9 Å². The number of nitrogens with zero attached hydrogens (tertiary/aromatic N) is 2. The fraction of sp³-hybridized carbons (Fsp3) is 0.278. The van der Waals surface area contributed by atoms with Crippen molar-refractivity contribution in [1.29, 1.82) is 0 Å². The summed E-state index contributed by atoms with van der Waals surface area (Å²) in [4.78, 5) is 22.6. The lowest BCUT2D eigenvalue weighted by Gasteiger charge is -2.04. The first-order valence-corrected chi connectivity index (χ1v) is 7.81. The molecule has 24 heavy (non-hydrogen) atoms. The Bertz CT molecular complexity index is 748. The standard InChI is InChI=1S/C18H22N4O2/c1-13-17(9-10-18(24)20-12-11-19-15(3)23)14(2)22(21-13)16-7-5-4-6-8-16/h4-10H,11-12H2,1-3H3,(H,19,23)(H,20,24). The Morgan fingerprint density at radius 3 is 2.46 bits per heavy atom. The first kappa shape index (κ1) is 17.5. The number of hydrogen-bond acceptors (Lipinski definition) is 3. The van der Waals surface area contributed by atoms with Gasteiger partial charge in [0.15, 0.2) is 0 Å². The van der Waals surface area contributed by atoms with E-state index in [9.17, 15) is 9.59 Å². The molecule has 1 heterocycles. The van der Waals surface area contributed by atoms with Gasteiger partial charge >= 0.3 is 0 Å². The van der Waals surface area contributed by atoms with Gasteiger partial charge in [-0.2, -0.15) is 5.10 Å². The van der Waals surface area contributed by atoms with Crippen LogP contribution < -0.4 is 10.6 Å². The number of carbonyl (C=O) groups excluding carboxylic acids is 2. The van der Waals surface area contributed by atoms with E-state index in [1.807, 2.05) is 48.9 Å². The highest BCUT2D eigenvalue weighted by Crippen LogP contribution is 2.18. The van der Waals surface area contributed by atoms with Gasteiger partial charge in [0.05, 0.1) is 11.4 Å². The van der Waals surface area contributed by atoms with E-state index < -0.39 is 0 Å². The van der Waals surface area contributed by atoms with Crippen molar-refractivity contribution in [2.24, 2.45) is 0 Å². The van der Waals surface area contributed by atoms with Crippen molar-refractivity contribution in [3.8, 4) is 5.69 Å². The SMILES string of the molecule is CC(=O)NCCNC(=O)C=Cc1c(C)nn(-c2ccccc2)c1C. The molecule has 0 fully saturated rings. The predicted octanol–water partition coefficient (Wildman–Crippen LogP) is 1.75. The van der Waals surface area contributed by atoms with Crippen LogP contribution in [0.3, 0.4) is 0 Å². The molecule has 6 nitrogen and oxygen atoms in total. The van der Waals surface area contributed by atoms with E-state index in [1.54, 1.807) is 6.08 Å². The summed E-state index contributed by atoms with van der Waals surface area (Å²) in [7, 11) is 0. The number of hydrogen-bond donors (Lipinski definition) is 2. The molecule has 1 aromatic carbocycles. The van der Waals surface area contributed by atoms with Gasteiger partial charge in [-0.05, 0) is 32.1 Å². The third kappa shape index (κ3) is 4.55. The lowest BCUT2D eigenvalue weighted by molar-refractivity contribution is -0.119. The minimum absolute atomic E-state index is 0.112. The van der Waals surface area contributed by atoms with Crippen LogP contribution in [-0.2, 0) is 9.59 Å². The number of nitrogens with one attached hydrogen (secondary N) is 2. The Morgan fingerprint density at radius 1 is 1.12 bits per heavy atom. The van der Waals surface area contributed by atoms with Crippen molar-refractivity contribution in [1.82, 2.24) is 20.4 Å². The maximum absolute atomic E-state index is 11.8. The van der Waals surface area contributed by atoms with E-state index in [0.717, 1.165) is 22.6 Å². The maximum Gasteiger partial charge on any atom is 0.244 e. The Morgan fingerprint density at radius 2 is 1.79 bits per heavy atom. The Hall–Kier alpha value is -2.89. The molecule has 2 amide bonds. The molecule has 1 aromatic heterocycles. The topological polar surface area (TPSA) is 76.0 Å². The smallest absolute Gasteiger partial charge is 0.244 e. The molecule has 2 rings (SSSR count). The molecule has 0 aliphatic carbocycles. The zero-order valence-corrected chi connectivity index (χ0v) is 14.2. The van der Waals surface area contributed by atoms with Crippen molar-refractivity contribution in [3.63, 3.8) is 0 Å². The fourth-order valence-electron chi connectivity index (χ4n) is 2.36. The molecule has 0 bridgehead atoms. The molecule has 2 aromatic rings. The van der Waals surface area contributed by atoms with Crippen LogP contribution in [0.4, 0.5) is 0 Å². The minimum Gasteiger partial charge on any atom is -0.355 e. The van der Waals surface area contributed by atoms with Crippen LogP contribution in [0.15, 0.2) is 36.4 Å². The summed E-state index contributed by atoms with van der Waals surface area (Å²) in [6.07, 6.45) is 3.25. The summed E-state index contributed by atoms with van der Waals surface area (Å²) >= 11 is 0. The fourth-order valence-corrected chi connectivity index (χ4v) is 2.36.